The first-order valence-electron chi connectivity index (χ1n) is 7.25. The van der Waals surface area contributed by atoms with Gasteiger partial charge in [0, 0.05) is 17.9 Å². The maximum absolute atomic E-state index is 6.31. The maximum Gasteiger partial charge on any atom is 0.0708 e. The van der Waals surface area contributed by atoms with Crippen LogP contribution in [-0.2, 0) is 4.74 Å². The minimum Gasteiger partial charge on any atom is -0.370 e. The number of nitrogens with one attached hydrogen (secondary N) is 1. The van der Waals surface area contributed by atoms with Crippen molar-refractivity contribution >= 4 is 15.9 Å². The number of hydrogen-bond acceptors (Lipinski definition) is 2. The zero-order chi connectivity index (χ0) is 12.1. The van der Waals surface area contributed by atoms with E-state index in [1.54, 1.807) is 0 Å². The normalized spacial score (nSPS) is 28.9. The molecule has 1 aliphatic carbocycles. The van der Waals surface area contributed by atoms with Gasteiger partial charge in [0.15, 0.2) is 0 Å². The molecule has 17 heavy (non-hydrogen) atoms. The van der Waals surface area contributed by atoms with Crippen LogP contribution in [0, 0.1) is 0 Å². The van der Waals surface area contributed by atoms with Gasteiger partial charge >= 0.3 is 0 Å². The molecule has 1 saturated heterocycles. The summed E-state index contributed by atoms with van der Waals surface area (Å²) in [6.07, 6.45) is 10.8. The van der Waals surface area contributed by atoms with Gasteiger partial charge in [-0.3, -0.25) is 0 Å². The van der Waals surface area contributed by atoms with Crippen LogP contribution in [0.5, 0.6) is 0 Å². The number of halogens is 1. The summed E-state index contributed by atoms with van der Waals surface area (Å²) in [4.78, 5) is 0. The van der Waals surface area contributed by atoms with Crippen molar-refractivity contribution in [2.24, 2.45) is 0 Å². The van der Waals surface area contributed by atoms with E-state index in [2.05, 4.69) is 28.2 Å². The second-order valence-electron chi connectivity index (χ2n) is 5.66. The Balaban J connectivity index is 1.70. The van der Waals surface area contributed by atoms with E-state index in [-0.39, 0.29) is 0 Å². The first-order valence-corrected chi connectivity index (χ1v) is 8.37. The summed E-state index contributed by atoms with van der Waals surface area (Å²) in [5.74, 6) is 0. The lowest BCUT2D eigenvalue weighted by Gasteiger charge is -2.25. The average molecular weight is 304 g/mol. The summed E-state index contributed by atoms with van der Waals surface area (Å²) >= 11 is 3.52. The fraction of sp³-hybridized carbons (Fsp3) is 1.00. The van der Waals surface area contributed by atoms with E-state index in [0.717, 1.165) is 11.9 Å². The van der Waals surface area contributed by atoms with Gasteiger partial charge in [0.25, 0.3) is 0 Å². The van der Waals surface area contributed by atoms with Gasteiger partial charge in [0.05, 0.1) is 11.7 Å². The lowest BCUT2D eigenvalue weighted by molar-refractivity contribution is -0.0359. The third kappa shape index (κ3) is 3.68. The van der Waals surface area contributed by atoms with Gasteiger partial charge in [-0.05, 0) is 38.5 Å². The summed E-state index contributed by atoms with van der Waals surface area (Å²) in [6.45, 7) is 3.31. The second-order valence-corrected chi connectivity index (χ2v) is 6.45. The maximum atomic E-state index is 6.31. The fourth-order valence-corrected chi connectivity index (χ4v) is 3.86. The molecule has 3 heteroatoms. The Morgan fingerprint density at radius 3 is 2.76 bits per heavy atom. The average Bonchev–Trinajstić information content (AvgIpc) is 2.96. The number of hydrogen-bond donors (Lipinski definition) is 1. The minimum atomic E-state index is 0.295. The van der Waals surface area contributed by atoms with Crippen molar-refractivity contribution in [2.45, 2.75) is 76.0 Å². The molecule has 1 spiro atoms. The Labute approximate surface area is 114 Å². The highest BCUT2D eigenvalue weighted by atomic mass is 79.9. The highest BCUT2D eigenvalue weighted by Crippen LogP contribution is 2.43. The van der Waals surface area contributed by atoms with Gasteiger partial charge in [-0.25, -0.2) is 0 Å². The molecule has 0 aromatic heterocycles. The quantitative estimate of drug-likeness (QED) is 0.757. The van der Waals surface area contributed by atoms with Gasteiger partial charge in [-0.2, -0.15) is 0 Å². The Hall–Kier alpha value is 0.400. The van der Waals surface area contributed by atoms with Crippen LogP contribution in [0.2, 0.25) is 0 Å². The molecule has 1 saturated carbocycles. The van der Waals surface area contributed by atoms with Gasteiger partial charge in [-0.1, -0.05) is 35.7 Å². The van der Waals surface area contributed by atoms with Crippen LogP contribution >= 0.6 is 15.9 Å². The molecule has 2 unspecified atom stereocenters. The Morgan fingerprint density at radius 1 is 1.35 bits per heavy atom. The number of ether oxygens (including phenoxy) is 1. The lowest BCUT2D eigenvalue weighted by Crippen LogP contribution is -2.36. The van der Waals surface area contributed by atoms with E-state index in [1.807, 2.05) is 0 Å². The van der Waals surface area contributed by atoms with E-state index >= 15 is 0 Å². The van der Waals surface area contributed by atoms with Crippen LogP contribution in [0.15, 0.2) is 0 Å². The summed E-state index contributed by atoms with van der Waals surface area (Å²) in [6, 6.07) is 0.651. The summed E-state index contributed by atoms with van der Waals surface area (Å²) in [7, 11) is 0. The number of alkyl halides is 1. The van der Waals surface area contributed by atoms with Gasteiger partial charge in [0.2, 0.25) is 0 Å². The second kappa shape index (κ2) is 6.53. The molecule has 2 nitrogen and oxygen atoms in total. The number of rotatable bonds is 6. The van der Waals surface area contributed by atoms with Gasteiger partial charge in [-0.15, -0.1) is 0 Å². The highest BCUT2D eigenvalue weighted by Gasteiger charge is 2.41. The summed E-state index contributed by atoms with van der Waals surface area (Å²) < 4.78 is 6.31. The molecule has 0 aromatic carbocycles. The van der Waals surface area contributed by atoms with Crippen LogP contribution < -0.4 is 5.32 Å². The molecule has 2 fully saturated rings. The van der Waals surface area contributed by atoms with Crippen molar-refractivity contribution in [3.8, 4) is 0 Å². The minimum absolute atomic E-state index is 0.295. The smallest absolute Gasteiger partial charge is 0.0708 e. The molecule has 0 amide bonds. The summed E-state index contributed by atoms with van der Waals surface area (Å²) in [5.41, 5.74) is 0.295. The fourth-order valence-electron chi connectivity index (χ4n) is 3.31. The predicted molar refractivity (Wildman–Crippen MR) is 75.8 cm³/mol. The van der Waals surface area contributed by atoms with Crippen LogP contribution in [0.1, 0.15) is 58.3 Å². The van der Waals surface area contributed by atoms with E-state index in [0.29, 0.717) is 17.7 Å². The molecule has 2 atom stereocenters. The zero-order valence-electron chi connectivity index (χ0n) is 11.0. The van der Waals surface area contributed by atoms with E-state index in [9.17, 15) is 0 Å². The zero-order valence-corrected chi connectivity index (χ0v) is 12.6. The van der Waals surface area contributed by atoms with Crippen molar-refractivity contribution in [1.82, 2.24) is 5.32 Å². The predicted octanol–water partition coefficient (Wildman–Crippen LogP) is 3.63. The van der Waals surface area contributed by atoms with Crippen molar-refractivity contribution in [1.29, 1.82) is 0 Å². The molecule has 0 radical (unpaired) electrons. The first kappa shape index (κ1) is 13.8. The summed E-state index contributed by atoms with van der Waals surface area (Å²) in [5, 5.41) is 4.75. The van der Waals surface area contributed by atoms with E-state index < -0.39 is 0 Å². The van der Waals surface area contributed by atoms with Crippen LogP contribution in [0.25, 0.3) is 0 Å². The largest absolute Gasteiger partial charge is 0.370 e. The molecule has 1 N–H and O–H groups in total. The molecular formula is C14H26BrNO. The van der Waals surface area contributed by atoms with E-state index in [1.165, 1.54) is 51.4 Å². The van der Waals surface area contributed by atoms with Crippen molar-refractivity contribution < 1.29 is 4.74 Å². The third-order valence-corrected chi connectivity index (χ3v) is 4.90. The Morgan fingerprint density at radius 2 is 2.12 bits per heavy atom. The van der Waals surface area contributed by atoms with E-state index in [4.69, 9.17) is 4.74 Å². The van der Waals surface area contributed by atoms with Gasteiger partial charge < -0.3 is 10.1 Å². The third-order valence-electron chi connectivity index (χ3n) is 4.44. The first-order chi connectivity index (χ1) is 8.28. The van der Waals surface area contributed by atoms with Crippen LogP contribution in [0.3, 0.4) is 0 Å². The Bertz CT molecular complexity index is 228. The van der Waals surface area contributed by atoms with Gasteiger partial charge in [0.1, 0.15) is 0 Å². The van der Waals surface area contributed by atoms with Crippen molar-refractivity contribution in [3.05, 3.63) is 0 Å². The highest BCUT2D eigenvalue weighted by molar-refractivity contribution is 9.09. The molecular weight excluding hydrogens is 278 g/mol. The molecule has 0 aromatic rings. The lowest BCUT2D eigenvalue weighted by atomic mass is 9.98. The standard InChI is InChI=1S/C14H26BrNO/c1-2-12(6-10-15)16-11-13-5-9-14(17-13)7-3-4-8-14/h12-13,16H,2-11H2,1H3. The molecule has 0 bridgehead atoms. The SMILES string of the molecule is CCC(CCBr)NCC1CCC2(CCCC2)O1. The Kier molecular flexibility index (Phi) is 5.31. The van der Waals surface area contributed by atoms with Crippen LogP contribution in [-0.4, -0.2) is 29.6 Å². The monoisotopic (exact) mass is 303 g/mol. The van der Waals surface area contributed by atoms with Crippen molar-refractivity contribution in [2.75, 3.05) is 11.9 Å². The topological polar surface area (TPSA) is 21.3 Å². The van der Waals surface area contributed by atoms with Crippen LogP contribution in [0.4, 0.5) is 0 Å². The molecule has 1 aliphatic heterocycles. The molecule has 2 aliphatic rings. The van der Waals surface area contributed by atoms with Crippen molar-refractivity contribution in [3.63, 3.8) is 0 Å². The molecule has 2 rings (SSSR count). The molecule has 100 valence electrons. The molecule has 1 heterocycles.